The van der Waals surface area contributed by atoms with E-state index in [-0.39, 0.29) is 97.5 Å². The summed E-state index contributed by atoms with van der Waals surface area (Å²) in [4.78, 5) is 22.5. The van der Waals surface area contributed by atoms with Crippen molar-refractivity contribution in [1.82, 2.24) is 0 Å². The lowest BCUT2D eigenvalue weighted by Gasteiger charge is -2.29. The standard InChI is InChI=1S/C29H46F2O4.C22H40F2O4.C2H3N.CH4.FH/c1-4-21(2)19-29(30,31)27(33)17-16-24-22(3)18-26(32)25(24)14-10-5-6-11-15-28(34)35-20-23-12-8-7-9-13-23;1-4-15(2)14-22(23,24)20(26)12-11-17-16(3)13-19(25)18(17)9-7-5-6-8-10-21(27)28;1-2-3;;/h7-9,12-13,21-22,24-27,32-33H,4-6,10-11,14-20H2,1-3H3;15-20,25-26H,4-14H2,1-3H3,(H,27,28);1H3;1H4;1H/t21-,22+,24-,25+,26-,27?;15-,16+,17-,18+,19-,20?;;;/m00.../s1. The maximum atomic E-state index is 14.4. The van der Waals surface area contributed by atoms with Crippen LogP contribution in [0.1, 0.15) is 203 Å². The Morgan fingerprint density at radius 1 is 0.706 bits per heavy atom. The molecular weight excluding hydrogens is 886 g/mol. The number of carboxylic acids is 1. The number of nitriles is 1. The van der Waals surface area contributed by atoms with Gasteiger partial charge in [-0.05, 0) is 117 Å². The molecular formula is C54H94F5NO8. The number of alkyl halides is 4. The lowest BCUT2D eigenvalue weighted by molar-refractivity contribution is -0.145. The van der Waals surface area contributed by atoms with Gasteiger partial charge in [-0.3, -0.25) is 14.3 Å². The Hall–Kier alpha value is -2.86. The molecule has 0 amide bonds. The van der Waals surface area contributed by atoms with E-state index in [1.165, 1.54) is 6.92 Å². The summed E-state index contributed by atoms with van der Waals surface area (Å²) in [6.07, 6.45) is 8.54. The Morgan fingerprint density at radius 2 is 1.09 bits per heavy atom. The highest BCUT2D eigenvalue weighted by molar-refractivity contribution is 5.69. The number of aliphatic carboxylic acids is 1. The molecule has 0 bridgehead atoms. The van der Waals surface area contributed by atoms with E-state index >= 15 is 0 Å². The molecule has 0 radical (unpaired) electrons. The van der Waals surface area contributed by atoms with E-state index < -0.39 is 42.2 Å². The first-order valence-corrected chi connectivity index (χ1v) is 25.3. The van der Waals surface area contributed by atoms with Gasteiger partial charge in [0.1, 0.15) is 18.8 Å². The molecule has 1 aromatic rings. The summed E-state index contributed by atoms with van der Waals surface area (Å²) in [5.74, 6) is -6.29. The largest absolute Gasteiger partial charge is 0.481 e. The SMILES string of the molecule is C.CC#N.CC[C@H](C)CC(F)(F)C(O)CC[C@@H]1[C@@H](CCCCCCC(=O)O)[C@@H](O)C[C@H]1C.CC[C@H](C)CC(F)(F)C(O)CC[C@@H]1[C@@H](CCCCCCC(=O)OCc2ccccc2)[C@@H](O)C[C@H]1C.F. The van der Waals surface area contributed by atoms with Gasteiger partial charge in [-0.1, -0.05) is 131 Å². The van der Waals surface area contributed by atoms with Crippen molar-refractivity contribution in [2.75, 3.05) is 0 Å². The second-order valence-electron chi connectivity index (χ2n) is 20.0. The number of halogens is 5. The highest BCUT2D eigenvalue weighted by Gasteiger charge is 2.44. The predicted molar refractivity (Wildman–Crippen MR) is 262 cm³/mol. The zero-order valence-electron chi connectivity index (χ0n) is 41.9. The minimum Gasteiger partial charge on any atom is -0.481 e. The number of hydrogen-bond acceptors (Lipinski definition) is 8. The molecule has 0 aromatic heterocycles. The highest BCUT2D eigenvalue weighted by atomic mass is 19.3. The van der Waals surface area contributed by atoms with Gasteiger partial charge in [-0.2, -0.15) is 5.26 Å². The summed E-state index contributed by atoms with van der Waals surface area (Å²) in [7, 11) is 0. The number of hydrogen-bond donors (Lipinski definition) is 5. The first kappa shape index (κ1) is 67.2. The van der Waals surface area contributed by atoms with Crippen LogP contribution in [0.5, 0.6) is 0 Å². The molecule has 68 heavy (non-hydrogen) atoms. The Labute approximate surface area is 407 Å². The molecule has 398 valence electrons. The van der Waals surface area contributed by atoms with Crippen LogP contribution in [0, 0.1) is 58.7 Å². The highest BCUT2D eigenvalue weighted by Crippen LogP contribution is 2.45. The number of carbonyl (C=O) groups excluding carboxylic acids is 1. The van der Waals surface area contributed by atoms with Crippen LogP contribution in [0.25, 0.3) is 0 Å². The van der Waals surface area contributed by atoms with Crippen molar-refractivity contribution in [1.29, 1.82) is 5.26 Å². The number of aliphatic hydroxyl groups is 4. The number of aliphatic hydroxyl groups excluding tert-OH is 4. The van der Waals surface area contributed by atoms with Crippen molar-refractivity contribution in [2.45, 2.75) is 240 Å². The van der Waals surface area contributed by atoms with Gasteiger partial charge in [-0.25, -0.2) is 17.6 Å². The molecule has 2 aliphatic rings. The number of nitrogens with zero attached hydrogens (tertiary/aromatic N) is 1. The summed E-state index contributed by atoms with van der Waals surface area (Å²) < 4.78 is 62.5. The van der Waals surface area contributed by atoms with Crippen molar-refractivity contribution in [3.63, 3.8) is 0 Å². The van der Waals surface area contributed by atoms with E-state index in [0.717, 1.165) is 63.4 Å². The van der Waals surface area contributed by atoms with Gasteiger partial charge in [0.15, 0.2) is 0 Å². The first-order valence-electron chi connectivity index (χ1n) is 25.3. The van der Waals surface area contributed by atoms with Crippen molar-refractivity contribution in [3.05, 3.63) is 35.9 Å². The lowest BCUT2D eigenvalue weighted by Crippen LogP contribution is -2.36. The van der Waals surface area contributed by atoms with E-state index in [2.05, 4.69) is 13.8 Å². The number of unbranched alkanes of at least 4 members (excludes halogenated alkanes) is 6. The van der Waals surface area contributed by atoms with Crippen molar-refractivity contribution in [3.8, 4) is 6.07 Å². The Kier molecular flexibility index (Phi) is 35.7. The van der Waals surface area contributed by atoms with Crippen molar-refractivity contribution < 1.29 is 62.1 Å². The topological polar surface area (TPSA) is 168 Å². The number of rotatable bonds is 30. The molecule has 1 aromatic carbocycles. The van der Waals surface area contributed by atoms with E-state index in [1.54, 1.807) is 19.9 Å². The minimum absolute atomic E-state index is 0. The van der Waals surface area contributed by atoms with E-state index in [4.69, 9.17) is 15.1 Å². The third kappa shape index (κ3) is 26.4. The smallest absolute Gasteiger partial charge is 0.306 e. The molecule has 2 unspecified atom stereocenters. The van der Waals surface area contributed by atoms with Crippen LogP contribution in [0.4, 0.5) is 22.3 Å². The first-order chi connectivity index (χ1) is 31.1. The van der Waals surface area contributed by atoms with Crippen molar-refractivity contribution >= 4 is 11.9 Å². The molecule has 9 nitrogen and oxygen atoms in total. The van der Waals surface area contributed by atoms with E-state index in [9.17, 15) is 47.6 Å². The molecule has 14 heteroatoms. The average molecular weight is 980 g/mol. The number of carboxylic acid groups (broad SMARTS) is 1. The summed E-state index contributed by atoms with van der Waals surface area (Å²) in [6, 6.07) is 11.4. The van der Waals surface area contributed by atoms with Gasteiger partial charge in [0, 0.05) is 32.6 Å². The van der Waals surface area contributed by atoms with Gasteiger partial charge in [0.2, 0.25) is 0 Å². The number of benzene rings is 1. The Balaban J connectivity index is 0. The monoisotopic (exact) mass is 980 g/mol. The quantitative estimate of drug-likeness (QED) is 0.0286. The average Bonchev–Trinajstić information content (AvgIpc) is 3.69. The molecule has 0 saturated heterocycles. The van der Waals surface area contributed by atoms with E-state index in [1.807, 2.05) is 44.2 Å². The van der Waals surface area contributed by atoms with Crippen LogP contribution in [-0.4, -0.2) is 73.7 Å². The second-order valence-corrected chi connectivity index (χ2v) is 20.0. The molecule has 2 saturated carbocycles. The van der Waals surface area contributed by atoms with Crippen LogP contribution in [-0.2, 0) is 20.9 Å². The molecule has 3 rings (SSSR count). The zero-order chi connectivity index (χ0) is 49.9. The molecule has 2 aliphatic carbocycles. The number of esters is 1. The molecule has 2 fully saturated rings. The summed E-state index contributed by atoms with van der Waals surface area (Å²) in [6.45, 7) is 13.2. The normalized spacial score (nSPS) is 24.0. The van der Waals surface area contributed by atoms with E-state index in [0.29, 0.717) is 58.0 Å². The number of ether oxygens (including phenoxy) is 1. The van der Waals surface area contributed by atoms with Gasteiger partial charge >= 0.3 is 11.9 Å². The third-order valence-electron chi connectivity index (χ3n) is 14.5. The third-order valence-corrected chi connectivity index (χ3v) is 14.5. The maximum Gasteiger partial charge on any atom is 0.306 e. The van der Waals surface area contributed by atoms with Crippen molar-refractivity contribution in [2.24, 2.45) is 47.3 Å². The van der Waals surface area contributed by atoms with Gasteiger partial charge in [-0.15, -0.1) is 0 Å². The fourth-order valence-corrected chi connectivity index (χ4v) is 10.1. The summed E-state index contributed by atoms with van der Waals surface area (Å²) >= 11 is 0. The molecule has 0 aliphatic heterocycles. The van der Waals surface area contributed by atoms with Crippen LogP contribution in [0.15, 0.2) is 30.3 Å². The van der Waals surface area contributed by atoms with Gasteiger partial charge < -0.3 is 30.3 Å². The predicted octanol–water partition coefficient (Wildman–Crippen LogP) is 13.5. The number of carbonyl (C=O) groups is 2. The molecule has 5 N–H and O–H groups in total. The summed E-state index contributed by atoms with van der Waals surface area (Å²) in [5.41, 5.74) is 0.978. The lowest BCUT2D eigenvalue weighted by atomic mass is 9.81. The van der Waals surface area contributed by atoms with Gasteiger partial charge in [0.05, 0.1) is 18.3 Å². The Morgan fingerprint density at radius 3 is 1.47 bits per heavy atom. The minimum atomic E-state index is -3.06. The summed E-state index contributed by atoms with van der Waals surface area (Å²) in [5, 5.41) is 57.2. The molecule has 0 heterocycles. The zero-order valence-corrected chi connectivity index (χ0v) is 41.9. The Bertz CT molecular complexity index is 1480. The fraction of sp³-hybridized carbons (Fsp3) is 0.833. The molecule has 0 spiro atoms. The fourth-order valence-electron chi connectivity index (χ4n) is 10.1. The second kappa shape index (κ2) is 36.1. The van der Waals surface area contributed by atoms with Crippen LogP contribution in [0.2, 0.25) is 0 Å². The maximum absolute atomic E-state index is 14.4. The van der Waals surface area contributed by atoms with Gasteiger partial charge in [0.25, 0.3) is 11.8 Å². The van der Waals surface area contributed by atoms with Crippen LogP contribution in [0.3, 0.4) is 0 Å². The van der Waals surface area contributed by atoms with Crippen LogP contribution < -0.4 is 0 Å². The van der Waals surface area contributed by atoms with Crippen LogP contribution >= 0.6 is 0 Å². The molecule has 12 atom stereocenters.